The molecular formula is C10H18N2O2. The van der Waals surface area contributed by atoms with E-state index < -0.39 is 0 Å². The van der Waals surface area contributed by atoms with Crippen molar-refractivity contribution in [3.8, 4) is 0 Å². The fourth-order valence-corrected chi connectivity index (χ4v) is 2.21. The second-order valence-electron chi connectivity index (χ2n) is 4.06. The van der Waals surface area contributed by atoms with Crippen LogP contribution < -0.4 is 0 Å². The van der Waals surface area contributed by atoms with Crippen LogP contribution in [0.1, 0.15) is 13.3 Å². The Hall–Kier alpha value is -0.610. The topological polar surface area (TPSA) is 32.8 Å². The average Bonchev–Trinajstić information content (AvgIpc) is 2.71. The third-order valence-electron chi connectivity index (χ3n) is 3.18. The Morgan fingerprint density at radius 3 is 2.50 bits per heavy atom. The Morgan fingerprint density at radius 2 is 2.00 bits per heavy atom. The maximum Gasteiger partial charge on any atom is 0.219 e. The van der Waals surface area contributed by atoms with Crippen LogP contribution >= 0.6 is 0 Å². The number of carbonyl (C=O) groups excluding carboxylic acids is 1. The maximum atomic E-state index is 11.1. The summed E-state index contributed by atoms with van der Waals surface area (Å²) in [6.45, 7) is 7.20. The predicted octanol–water partition coefficient (Wildman–Crippen LogP) is -0.0606. The summed E-state index contributed by atoms with van der Waals surface area (Å²) in [5.74, 6) is 0.201. The zero-order chi connectivity index (χ0) is 9.97. The molecule has 0 spiro atoms. The summed E-state index contributed by atoms with van der Waals surface area (Å²) in [5, 5.41) is 0. The molecule has 0 aromatic rings. The zero-order valence-electron chi connectivity index (χ0n) is 8.74. The molecule has 80 valence electrons. The second-order valence-corrected chi connectivity index (χ2v) is 4.06. The molecule has 2 heterocycles. The van der Waals surface area contributed by atoms with Gasteiger partial charge in [-0.05, 0) is 6.42 Å². The van der Waals surface area contributed by atoms with Crippen molar-refractivity contribution in [2.24, 2.45) is 0 Å². The number of nitrogens with zero attached hydrogens (tertiary/aromatic N) is 2. The minimum absolute atomic E-state index is 0.201. The third kappa shape index (κ3) is 2.07. The van der Waals surface area contributed by atoms with E-state index in [4.69, 9.17) is 4.74 Å². The van der Waals surface area contributed by atoms with E-state index in [9.17, 15) is 4.79 Å². The van der Waals surface area contributed by atoms with Gasteiger partial charge in [-0.2, -0.15) is 0 Å². The summed E-state index contributed by atoms with van der Waals surface area (Å²) in [5.41, 5.74) is 0. The summed E-state index contributed by atoms with van der Waals surface area (Å²) < 4.78 is 5.36. The van der Waals surface area contributed by atoms with Gasteiger partial charge < -0.3 is 9.64 Å². The summed E-state index contributed by atoms with van der Waals surface area (Å²) in [7, 11) is 0. The maximum absolute atomic E-state index is 11.1. The summed E-state index contributed by atoms with van der Waals surface area (Å²) in [6, 6.07) is 0.601. The number of piperazine rings is 1. The Bertz CT molecular complexity index is 206. The van der Waals surface area contributed by atoms with Crippen molar-refractivity contribution < 1.29 is 9.53 Å². The molecule has 2 fully saturated rings. The van der Waals surface area contributed by atoms with Crippen LogP contribution in [0.5, 0.6) is 0 Å². The van der Waals surface area contributed by atoms with Gasteiger partial charge in [0.2, 0.25) is 5.91 Å². The van der Waals surface area contributed by atoms with Gasteiger partial charge in [0, 0.05) is 45.8 Å². The molecular weight excluding hydrogens is 180 g/mol. The predicted molar refractivity (Wildman–Crippen MR) is 53.1 cm³/mol. The van der Waals surface area contributed by atoms with Crippen LogP contribution in [0.4, 0.5) is 0 Å². The molecule has 2 aliphatic rings. The molecule has 2 rings (SSSR count). The number of amides is 1. The van der Waals surface area contributed by atoms with Crippen LogP contribution in [0.15, 0.2) is 0 Å². The number of rotatable bonds is 1. The highest BCUT2D eigenvalue weighted by molar-refractivity contribution is 5.73. The van der Waals surface area contributed by atoms with Crippen LogP contribution in [0.25, 0.3) is 0 Å². The highest BCUT2D eigenvalue weighted by Gasteiger charge is 2.27. The molecule has 2 aliphatic heterocycles. The standard InChI is InChI=1S/C10H18N2O2/c1-9(13)11-3-5-12(6-4-11)10-2-7-14-8-10/h10H,2-8H2,1H3. The molecule has 0 saturated carbocycles. The molecule has 14 heavy (non-hydrogen) atoms. The van der Waals surface area contributed by atoms with Gasteiger partial charge in [-0.25, -0.2) is 0 Å². The fraction of sp³-hybridized carbons (Fsp3) is 0.900. The molecule has 1 unspecified atom stereocenters. The molecule has 1 amide bonds. The van der Waals surface area contributed by atoms with Crippen molar-refractivity contribution in [3.05, 3.63) is 0 Å². The summed E-state index contributed by atoms with van der Waals surface area (Å²) in [6.07, 6.45) is 1.15. The minimum atomic E-state index is 0.201. The first-order chi connectivity index (χ1) is 6.77. The molecule has 2 saturated heterocycles. The number of hydrogen-bond donors (Lipinski definition) is 0. The lowest BCUT2D eigenvalue weighted by Gasteiger charge is -2.37. The first-order valence-electron chi connectivity index (χ1n) is 5.34. The van der Waals surface area contributed by atoms with Crippen molar-refractivity contribution in [1.29, 1.82) is 0 Å². The summed E-state index contributed by atoms with van der Waals surface area (Å²) >= 11 is 0. The van der Waals surface area contributed by atoms with Gasteiger partial charge in [0.15, 0.2) is 0 Å². The molecule has 4 heteroatoms. The van der Waals surface area contributed by atoms with Gasteiger partial charge in [-0.1, -0.05) is 0 Å². The van der Waals surface area contributed by atoms with Gasteiger partial charge in [0.25, 0.3) is 0 Å². The molecule has 0 aliphatic carbocycles. The lowest BCUT2D eigenvalue weighted by molar-refractivity contribution is -0.130. The Morgan fingerprint density at radius 1 is 1.29 bits per heavy atom. The molecule has 0 radical (unpaired) electrons. The molecule has 1 atom stereocenters. The van der Waals surface area contributed by atoms with Gasteiger partial charge in [0.1, 0.15) is 0 Å². The monoisotopic (exact) mass is 198 g/mol. The van der Waals surface area contributed by atoms with E-state index in [-0.39, 0.29) is 5.91 Å². The first-order valence-corrected chi connectivity index (χ1v) is 5.34. The fourth-order valence-electron chi connectivity index (χ4n) is 2.21. The van der Waals surface area contributed by atoms with E-state index in [2.05, 4.69) is 4.90 Å². The third-order valence-corrected chi connectivity index (χ3v) is 3.18. The number of hydrogen-bond acceptors (Lipinski definition) is 3. The lowest BCUT2D eigenvalue weighted by atomic mass is 10.2. The number of ether oxygens (including phenoxy) is 1. The van der Waals surface area contributed by atoms with Crippen molar-refractivity contribution in [2.45, 2.75) is 19.4 Å². The van der Waals surface area contributed by atoms with Gasteiger partial charge >= 0.3 is 0 Å². The Balaban J connectivity index is 1.80. The average molecular weight is 198 g/mol. The van der Waals surface area contributed by atoms with E-state index in [1.165, 1.54) is 0 Å². The van der Waals surface area contributed by atoms with Crippen LogP contribution in [0.2, 0.25) is 0 Å². The van der Waals surface area contributed by atoms with E-state index in [0.717, 1.165) is 45.8 Å². The Labute approximate surface area is 84.8 Å². The van der Waals surface area contributed by atoms with E-state index >= 15 is 0 Å². The first kappa shape index (κ1) is 9.93. The zero-order valence-corrected chi connectivity index (χ0v) is 8.74. The van der Waals surface area contributed by atoms with E-state index in [1.807, 2.05) is 4.90 Å². The van der Waals surface area contributed by atoms with Crippen LogP contribution in [-0.2, 0) is 9.53 Å². The van der Waals surface area contributed by atoms with Gasteiger partial charge in [-0.3, -0.25) is 9.69 Å². The van der Waals surface area contributed by atoms with Crippen LogP contribution in [-0.4, -0.2) is 61.1 Å². The van der Waals surface area contributed by atoms with Gasteiger partial charge in [0.05, 0.1) is 6.61 Å². The van der Waals surface area contributed by atoms with Crippen molar-refractivity contribution in [2.75, 3.05) is 39.4 Å². The molecule has 4 nitrogen and oxygen atoms in total. The largest absolute Gasteiger partial charge is 0.380 e. The number of carbonyl (C=O) groups is 1. The lowest BCUT2D eigenvalue weighted by Crippen LogP contribution is -2.51. The SMILES string of the molecule is CC(=O)N1CCN(C2CCOC2)CC1. The second kappa shape index (κ2) is 4.28. The van der Waals surface area contributed by atoms with Crippen LogP contribution in [0, 0.1) is 0 Å². The molecule has 0 N–H and O–H groups in total. The highest BCUT2D eigenvalue weighted by atomic mass is 16.5. The van der Waals surface area contributed by atoms with Crippen molar-refractivity contribution in [3.63, 3.8) is 0 Å². The van der Waals surface area contributed by atoms with Gasteiger partial charge in [-0.15, -0.1) is 0 Å². The molecule has 0 aromatic carbocycles. The van der Waals surface area contributed by atoms with Crippen LogP contribution in [0.3, 0.4) is 0 Å². The molecule has 0 aromatic heterocycles. The minimum Gasteiger partial charge on any atom is -0.380 e. The van der Waals surface area contributed by atoms with E-state index in [1.54, 1.807) is 6.92 Å². The Kier molecular flexibility index (Phi) is 3.03. The normalized spacial score (nSPS) is 29.5. The molecule has 0 bridgehead atoms. The quantitative estimate of drug-likeness (QED) is 0.592. The van der Waals surface area contributed by atoms with Crippen molar-refractivity contribution >= 4 is 5.91 Å². The summed E-state index contributed by atoms with van der Waals surface area (Å²) in [4.78, 5) is 15.5. The highest BCUT2D eigenvalue weighted by Crippen LogP contribution is 2.14. The van der Waals surface area contributed by atoms with Crippen molar-refractivity contribution in [1.82, 2.24) is 9.80 Å². The van der Waals surface area contributed by atoms with E-state index in [0.29, 0.717) is 6.04 Å². The smallest absolute Gasteiger partial charge is 0.219 e.